The summed E-state index contributed by atoms with van der Waals surface area (Å²) in [5, 5.41) is 0. The first-order valence-electron chi connectivity index (χ1n) is 4.89. The largest absolute Gasteiger partial charge is 0.397 e. The molecule has 0 fully saturated rings. The number of thiophene rings is 1. The van der Waals surface area contributed by atoms with Crippen LogP contribution < -0.4 is 10.5 Å². The topological polar surface area (TPSA) is 85.1 Å². The van der Waals surface area contributed by atoms with Crippen molar-refractivity contribution in [3.8, 4) is 0 Å². The van der Waals surface area contributed by atoms with Crippen LogP contribution in [0.1, 0.15) is 5.56 Å². The Kier molecular flexibility index (Phi) is 3.60. The molecule has 2 aromatic rings. The van der Waals surface area contributed by atoms with Gasteiger partial charge in [-0.3, -0.25) is 4.72 Å². The van der Waals surface area contributed by atoms with E-state index in [0.29, 0.717) is 5.69 Å². The summed E-state index contributed by atoms with van der Waals surface area (Å²) >= 11 is 4.46. The van der Waals surface area contributed by atoms with E-state index in [1.54, 1.807) is 12.1 Å². The van der Waals surface area contributed by atoms with Crippen molar-refractivity contribution in [1.29, 1.82) is 0 Å². The Hall–Kier alpha value is -1.12. The van der Waals surface area contributed by atoms with Crippen molar-refractivity contribution in [2.75, 3.05) is 10.5 Å². The number of aryl methyl sites for hydroxylation is 1. The Morgan fingerprint density at radius 3 is 2.67 bits per heavy atom. The van der Waals surface area contributed by atoms with Gasteiger partial charge in [-0.15, -0.1) is 11.3 Å². The minimum atomic E-state index is -3.59. The number of anilines is 2. The molecule has 0 spiro atoms. The summed E-state index contributed by atoms with van der Waals surface area (Å²) in [4.78, 5) is 3.90. The predicted molar refractivity (Wildman–Crippen MR) is 76.2 cm³/mol. The normalized spacial score (nSPS) is 11.4. The van der Waals surface area contributed by atoms with Gasteiger partial charge in [0.15, 0.2) is 0 Å². The quantitative estimate of drug-likeness (QED) is 0.893. The molecule has 0 saturated heterocycles. The Morgan fingerprint density at radius 2 is 2.17 bits per heavy atom. The van der Waals surface area contributed by atoms with E-state index in [2.05, 4.69) is 25.6 Å². The van der Waals surface area contributed by atoms with Gasteiger partial charge in [0.1, 0.15) is 10.0 Å². The van der Waals surface area contributed by atoms with E-state index >= 15 is 0 Å². The molecule has 3 N–H and O–H groups in total. The molecule has 96 valence electrons. The zero-order valence-electron chi connectivity index (χ0n) is 9.34. The lowest BCUT2D eigenvalue weighted by Gasteiger charge is -2.04. The van der Waals surface area contributed by atoms with Gasteiger partial charge < -0.3 is 5.73 Å². The zero-order chi connectivity index (χ0) is 13.3. The average molecular weight is 348 g/mol. The number of hydrogen-bond acceptors (Lipinski definition) is 5. The van der Waals surface area contributed by atoms with Crippen LogP contribution in [0.15, 0.2) is 32.4 Å². The molecule has 0 aliphatic heterocycles. The van der Waals surface area contributed by atoms with E-state index in [1.807, 2.05) is 6.92 Å². The number of nitrogens with one attached hydrogen (secondary N) is 1. The monoisotopic (exact) mass is 347 g/mol. The highest BCUT2D eigenvalue weighted by Crippen LogP contribution is 2.31. The van der Waals surface area contributed by atoms with Crippen molar-refractivity contribution >= 4 is 48.8 Å². The molecule has 5 nitrogen and oxygen atoms in total. The molecule has 8 heteroatoms. The van der Waals surface area contributed by atoms with Crippen LogP contribution in [-0.2, 0) is 10.0 Å². The van der Waals surface area contributed by atoms with Gasteiger partial charge in [-0.05, 0) is 46.6 Å². The van der Waals surface area contributed by atoms with Gasteiger partial charge in [0.25, 0.3) is 10.0 Å². The maximum absolute atomic E-state index is 12.1. The number of hydrogen-bond donors (Lipinski definition) is 2. The minimum absolute atomic E-state index is 0.241. The number of nitrogens with zero attached hydrogens (tertiary/aromatic N) is 1. The van der Waals surface area contributed by atoms with E-state index in [1.165, 1.54) is 12.3 Å². The van der Waals surface area contributed by atoms with Crippen LogP contribution in [0, 0.1) is 6.92 Å². The number of aromatic nitrogens is 1. The molecule has 0 bridgehead atoms. The van der Waals surface area contributed by atoms with Crippen molar-refractivity contribution in [2.24, 2.45) is 0 Å². The first kappa shape index (κ1) is 13.3. The third-order valence-corrected chi connectivity index (χ3v) is 6.09. The molecule has 0 radical (unpaired) electrons. The Bertz CT molecular complexity index is 645. The summed E-state index contributed by atoms with van der Waals surface area (Å²) in [6, 6.07) is 4.71. The summed E-state index contributed by atoms with van der Waals surface area (Å²) < 4.78 is 27.6. The average Bonchev–Trinajstić information content (AvgIpc) is 2.63. The second-order valence-electron chi connectivity index (χ2n) is 3.60. The molecule has 0 amide bonds. The van der Waals surface area contributed by atoms with Crippen molar-refractivity contribution < 1.29 is 8.42 Å². The highest BCUT2D eigenvalue weighted by atomic mass is 79.9. The number of halogens is 1. The molecule has 0 aliphatic rings. The smallest absolute Gasteiger partial charge is 0.272 e. The van der Waals surface area contributed by atoms with Gasteiger partial charge in [-0.25, -0.2) is 13.4 Å². The minimum Gasteiger partial charge on any atom is -0.397 e. The lowest BCUT2D eigenvalue weighted by Crippen LogP contribution is -2.12. The van der Waals surface area contributed by atoms with E-state index in [4.69, 9.17) is 5.73 Å². The lowest BCUT2D eigenvalue weighted by atomic mass is 10.4. The predicted octanol–water partition coefficient (Wildman–Crippen LogP) is 2.60. The third-order valence-electron chi connectivity index (χ3n) is 2.12. The van der Waals surface area contributed by atoms with Crippen LogP contribution >= 0.6 is 27.3 Å². The number of nitrogen functional groups attached to an aromatic ring is 1. The molecule has 2 aromatic heterocycles. The fourth-order valence-electron chi connectivity index (χ4n) is 1.22. The zero-order valence-corrected chi connectivity index (χ0v) is 12.6. The maximum Gasteiger partial charge on any atom is 0.272 e. The number of sulfonamides is 1. The Balaban J connectivity index is 2.29. The van der Waals surface area contributed by atoms with Gasteiger partial charge in [-0.1, -0.05) is 0 Å². The summed E-state index contributed by atoms with van der Waals surface area (Å²) in [5.74, 6) is 0.242. The van der Waals surface area contributed by atoms with Crippen molar-refractivity contribution in [2.45, 2.75) is 11.1 Å². The van der Waals surface area contributed by atoms with Gasteiger partial charge >= 0.3 is 0 Å². The summed E-state index contributed by atoms with van der Waals surface area (Å²) in [7, 11) is -3.59. The maximum atomic E-state index is 12.1. The molecule has 18 heavy (non-hydrogen) atoms. The standard InChI is InChI=1S/C10H10BrN3O2S2/c1-6-4-9(17-10(6)11)18(15,16)14-8-3-2-7(12)5-13-8/h2-5H,12H2,1H3,(H,13,14). The molecule has 2 heterocycles. The van der Waals surface area contributed by atoms with Crippen LogP contribution in [0.25, 0.3) is 0 Å². The van der Waals surface area contributed by atoms with Crippen molar-refractivity contribution in [3.63, 3.8) is 0 Å². The van der Waals surface area contributed by atoms with Crippen LogP contribution in [0.4, 0.5) is 11.5 Å². The molecule has 2 rings (SSSR count). The highest BCUT2D eigenvalue weighted by Gasteiger charge is 2.18. The highest BCUT2D eigenvalue weighted by molar-refractivity contribution is 9.11. The van der Waals surface area contributed by atoms with Crippen LogP contribution in [0.3, 0.4) is 0 Å². The fourth-order valence-corrected chi connectivity index (χ4v) is 4.45. The van der Waals surface area contributed by atoms with E-state index in [-0.39, 0.29) is 10.0 Å². The molecule has 0 unspecified atom stereocenters. The first-order chi connectivity index (χ1) is 8.38. The molecule has 0 aliphatic carbocycles. The van der Waals surface area contributed by atoms with E-state index in [9.17, 15) is 8.42 Å². The number of pyridine rings is 1. The van der Waals surface area contributed by atoms with Gasteiger partial charge in [-0.2, -0.15) is 0 Å². The summed E-state index contributed by atoms with van der Waals surface area (Å²) in [6.45, 7) is 1.83. The van der Waals surface area contributed by atoms with Gasteiger partial charge in [0.2, 0.25) is 0 Å². The lowest BCUT2D eigenvalue weighted by molar-refractivity contribution is 0.603. The second-order valence-corrected chi connectivity index (χ2v) is 7.88. The molecule has 0 saturated carbocycles. The second kappa shape index (κ2) is 4.87. The van der Waals surface area contributed by atoms with Crippen LogP contribution in [-0.4, -0.2) is 13.4 Å². The molecular formula is C10H10BrN3O2S2. The van der Waals surface area contributed by atoms with Gasteiger partial charge in [0.05, 0.1) is 15.7 Å². The fraction of sp³-hybridized carbons (Fsp3) is 0.100. The van der Waals surface area contributed by atoms with E-state index < -0.39 is 10.0 Å². The van der Waals surface area contributed by atoms with Crippen LogP contribution in [0.2, 0.25) is 0 Å². The van der Waals surface area contributed by atoms with Gasteiger partial charge in [0, 0.05) is 0 Å². The summed E-state index contributed by atoms with van der Waals surface area (Å²) in [5.41, 5.74) is 6.84. The summed E-state index contributed by atoms with van der Waals surface area (Å²) in [6.07, 6.45) is 1.40. The van der Waals surface area contributed by atoms with Crippen molar-refractivity contribution in [1.82, 2.24) is 4.98 Å². The SMILES string of the molecule is Cc1cc(S(=O)(=O)Nc2ccc(N)cn2)sc1Br. The van der Waals surface area contributed by atoms with Crippen LogP contribution in [0.5, 0.6) is 0 Å². The van der Waals surface area contributed by atoms with Crippen molar-refractivity contribution in [3.05, 3.63) is 33.7 Å². The number of rotatable bonds is 3. The number of nitrogens with two attached hydrogens (primary N) is 1. The third kappa shape index (κ3) is 2.82. The Labute approximate surface area is 117 Å². The molecular weight excluding hydrogens is 338 g/mol. The van der Waals surface area contributed by atoms with E-state index in [0.717, 1.165) is 20.7 Å². The molecule has 0 aromatic carbocycles. The first-order valence-corrected chi connectivity index (χ1v) is 7.98. The Morgan fingerprint density at radius 1 is 1.44 bits per heavy atom. The molecule has 0 atom stereocenters.